The third-order valence-electron chi connectivity index (χ3n) is 4.04. The first-order chi connectivity index (χ1) is 9.49. The largest absolute Gasteiger partial charge is 0.342 e. The van der Waals surface area contributed by atoms with Crippen molar-refractivity contribution in [3.8, 4) is 0 Å². The van der Waals surface area contributed by atoms with Crippen molar-refractivity contribution in [1.82, 2.24) is 15.2 Å². The summed E-state index contributed by atoms with van der Waals surface area (Å²) in [4.78, 5) is 18.5. The molecule has 4 nitrogen and oxygen atoms in total. The zero-order valence-corrected chi connectivity index (χ0v) is 13.0. The minimum absolute atomic E-state index is 0.148. The molecule has 1 saturated heterocycles. The van der Waals surface area contributed by atoms with E-state index in [9.17, 15) is 4.79 Å². The number of aromatic nitrogens is 1. The van der Waals surface area contributed by atoms with Gasteiger partial charge in [-0.2, -0.15) is 0 Å². The molecular formula is C16H25N3O. The first-order valence-corrected chi connectivity index (χ1v) is 7.45. The Kier molecular flexibility index (Phi) is 4.76. The molecule has 4 heteroatoms. The van der Waals surface area contributed by atoms with Crippen LogP contribution < -0.4 is 5.32 Å². The number of rotatable bonds is 4. The number of aryl methyl sites for hydroxylation is 3. The summed E-state index contributed by atoms with van der Waals surface area (Å²) in [7, 11) is 0. The third kappa shape index (κ3) is 3.37. The molecule has 20 heavy (non-hydrogen) atoms. The minimum Gasteiger partial charge on any atom is -0.342 e. The van der Waals surface area contributed by atoms with Crippen LogP contribution in [-0.2, 0) is 4.79 Å². The van der Waals surface area contributed by atoms with Crippen LogP contribution in [0.3, 0.4) is 0 Å². The van der Waals surface area contributed by atoms with E-state index in [1.807, 2.05) is 18.7 Å². The molecule has 1 aromatic rings. The van der Waals surface area contributed by atoms with Crippen molar-refractivity contribution in [1.29, 1.82) is 0 Å². The number of nitrogens with zero attached hydrogens (tertiary/aromatic N) is 2. The highest BCUT2D eigenvalue weighted by Crippen LogP contribution is 2.21. The average molecular weight is 275 g/mol. The number of amides is 1. The number of nitrogens with one attached hydrogen (secondary N) is 1. The van der Waals surface area contributed by atoms with Crippen molar-refractivity contribution in [3.63, 3.8) is 0 Å². The molecule has 1 N–H and O–H groups in total. The second kappa shape index (κ2) is 6.35. The molecule has 1 unspecified atom stereocenters. The smallest absolute Gasteiger partial charge is 0.236 e. The van der Waals surface area contributed by atoms with Crippen molar-refractivity contribution in [3.05, 3.63) is 28.6 Å². The molecule has 0 bridgehead atoms. The third-order valence-corrected chi connectivity index (χ3v) is 4.04. The molecule has 0 aromatic carbocycles. The van der Waals surface area contributed by atoms with Crippen LogP contribution in [0.2, 0.25) is 0 Å². The van der Waals surface area contributed by atoms with Gasteiger partial charge in [-0.15, -0.1) is 0 Å². The monoisotopic (exact) mass is 275 g/mol. The number of hydrogen-bond donors (Lipinski definition) is 1. The van der Waals surface area contributed by atoms with Crippen molar-refractivity contribution < 1.29 is 4.79 Å². The Morgan fingerprint density at radius 2 is 2.00 bits per heavy atom. The fourth-order valence-electron chi connectivity index (χ4n) is 3.11. The maximum atomic E-state index is 12.1. The van der Waals surface area contributed by atoms with Crippen LogP contribution in [-0.4, -0.2) is 35.4 Å². The molecule has 1 amide bonds. The SMILES string of the molecule is Cc1cc(C)c(C(C)NCC(=O)N2CCCC2)c(C)n1. The van der Waals surface area contributed by atoms with Gasteiger partial charge in [-0.05, 0) is 57.7 Å². The van der Waals surface area contributed by atoms with Gasteiger partial charge in [0.1, 0.15) is 0 Å². The van der Waals surface area contributed by atoms with Gasteiger partial charge < -0.3 is 10.2 Å². The summed E-state index contributed by atoms with van der Waals surface area (Å²) < 4.78 is 0. The van der Waals surface area contributed by atoms with E-state index in [4.69, 9.17) is 0 Å². The maximum absolute atomic E-state index is 12.1. The van der Waals surface area contributed by atoms with Gasteiger partial charge >= 0.3 is 0 Å². The highest BCUT2D eigenvalue weighted by molar-refractivity contribution is 5.78. The van der Waals surface area contributed by atoms with Crippen LogP contribution >= 0.6 is 0 Å². The highest BCUT2D eigenvalue weighted by Gasteiger charge is 2.19. The van der Waals surface area contributed by atoms with Gasteiger partial charge in [0.25, 0.3) is 0 Å². The molecule has 110 valence electrons. The summed E-state index contributed by atoms with van der Waals surface area (Å²) in [5.41, 5.74) is 4.55. The van der Waals surface area contributed by atoms with Gasteiger partial charge in [0.2, 0.25) is 5.91 Å². The van der Waals surface area contributed by atoms with Crippen LogP contribution in [0.4, 0.5) is 0 Å². The van der Waals surface area contributed by atoms with Gasteiger partial charge in [0.15, 0.2) is 0 Å². The standard InChI is InChI=1S/C16H25N3O/c1-11-9-12(2)18-14(4)16(11)13(3)17-10-15(20)19-7-5-6-8-19/h9,13,17H,5-8,10H2,1-4H3. The van der Waals surface area contributed by atoms with E-state index in [0.717, 1.165) is 37.3 Å². The van der Waals surface area contributed by atoms with Crippen LogP contribution in [0.1, 0.15) is 48.3 Å². The zero-order chi connectivity index (χ0) is 14.7. The predicted octanol–water partition coefficient (Wildman–Crippen LogP) is 2.28. The Balaban J connectivity index is 1.98. The van der Waals surface area contributed by atoms with Crippen LogP contribution in [0.15, 0.2) is 6.07 Å². The molecule has 1 atom stereocenters. The molecule has 1 aromatic heterocycles. The topological polar surface area (TPSA) is 45.2 Å². The first-order valence-electron chi connectivity index (χ1n) is 7.45. The van der Waals surface area contributed by atoms with E-state index in [2.05, 4.69) is 30.2 Å². The highest BCUT2D eigenvalue weighted by atomic mass is 16.2. The Morgan fingerprint density at radius 3 is 2.60 bits per heavy atom. The molecule has 1 fully saturated rings. The minimum atomic E-state index is 0.148. The van der Waals surface area contributed by atoms with E-state index < -0.39 is 0 Å². The average Bonchev–Trinajstić information content (AvgIpc) is 2.88. The summed E-state index contributed by atoms with van der Waals surface area (Å²) in [6.07, 6.45) is 2.28. The summed E-state index contributed by atoms with van der Waals surface area (Å²) >= 11 is 0. The molecular weight excluding hydrogens is 250 g/mol. The number of hydrogen-bond acceptors (Lipinski definition) is 3. The quantitative estimate of drug-likeness (QED) is 0.917. The Bertz CT molecular complexity index is 469. The second-order valence-electron chi connectivity index (χ2n) is 5.77. The molecule has 0 aliphatic carbocycles. The van der Waals surface area contributed by atoms with Crippen molar-refractivity contribution in [2.24, 2.45) is 0 Å². The van der Waals surface area contributed by atoms with Gasteiger partial charge in [-0.3, -0.25) is 9.78 Å². The Morgan fingerprint density at radius 1 is 1.35 bits per heavy atom. The van der Waals surface area contributed by atoms with Gasteiger partial charge in [0, 0.05) is 30.5 Å². The summed E-state index contributed by atoms with van der Waals surface area (Å²) in [6.45, 7) is 10.5. The molecule has 0 saturated carbocycles. The molecule has 0 spiro atoms. The molecule has 1 aliphatic rings. The number of carbonyl (C=O) groups excluding carboxylic acids is 1. The van der Waals surface area contributed by atoms with Crippen molar-refractivity contribution in [2.45, 2.75) is 46.6 Å². The lowest BCUT2D eigenvalue weighted by Gasteiger charge is -2.21. The fourth-order valence-corrected chi connectivity index (χ4v) is 3.11. The van der Waals surface area contributed by atoms with Gasteiger partial charge in [-0.25, -0.2) is 0 Å². The van der Waals surface area contributed by atoms with E-state index >= 15 is 0 Å². The molecule has 2 rings (SSSR count). The van der Waals surface area contributed by atoms with Crippen molar-refractivity contribution in [2.75, 3.05) is 19.6 Å². The zero-order valence-electron chi connectivity index (χ0n) is 13.0. The van der Waals surface area contributed by atoms with E-state index in [1.165, 1.54) is 11.1 Å². The Hall–Kier alpha value is -1.42. The normalized spacial score (nSPS) is 16.5. The van der Waals surface area contributed by atoms with Crippen LogP contribution in [0.25, 0.3) is 0 Å². The van der Waals surface area contributed by atoms with Gasteiger partial charge in [-0.1, -0.05) is 0 Å². The molecule has 2 heterocycles. The second-order valence-corrected chi connectivity index (χ2v) is 5.77. The summed E-state index contributed by atoms with van der Waals surface area (Å²) in [6, 6.07) is 2.25. The van der Waals surface area contributed by atoms with Crippen LogP contribution in [0.5, 0.6) is 0 Å². The van der Waals surface area contributed by atoms with Crippen LogP contribution in [0, 0.1) is 20.8 Å². The lowest BCUT2D eigenvalue weighted by atomic mass is 10.0. The summed E-state index contributed by atoms with van der Waals surface area (Å²) in [5, 5.41) is 3.35. The van der Waals surface area contributed by atoms with E-state index in [0.29, 0.717) is 6.54 Å². The van der Waals surface area contributed by atoms with Gasteiger partial charge in [0.05, 0.1) is 6.54 Å². The molecule has 0 radical (unpaired) electrons. The maximum Gasteiger partial charge on any atom is 0.236 e. The lowest BCUT2D eigenvalue weighted by Crippen LogP contribution is -2.37. The fraction of sp³-hybridized carbons (Fsp3) is 0.625. The number of pyridine rings is 1. The number of likely N-dealkylation sites (tertiary alicyclic amines) is 1. The molecule has 1 aliphatic heterocycles. The number of carbonyl (C=O) groups is 1. The lowest BCUT2D eigenvalue weighted by molar-refractivity contribution is -0.129. The predicted molar refractivity (Wildman–Crippen MR) is 80.7 cm³/mol. The Labute approximate surface area is 121 Å². The van der Waals surface area contributed by atoms with Crippen molar-refractivity contribution >= 4 is 5.91 Å². The summed E-state index contributed by atoms with van der Waals surface area (Å²) in [5.74, 6) is 0.213. The van der Waals surface area contributed by atoms with E-state index in [1.54, 1.807) is 0 Å². The van der Waals surface area contributed by atoms with E-state index in [-0.39, 0.29) is 11.9 Å². The first kappa shape index (κ1) is 15.0.